The van der Waals surface area contributed by atoms with Gasteiger partial charge in [0.1, 0.15) is 6.54 Å². The lowest BCUT2D eigenvalue weighted by molar-refractivity contribution is -0.131. The van der Waals surface area contributed by atoms with Gasteiger partial charge in [-0.3, -0.25) is 9.10 Å². The molecule has 7 nitrogen and oxygen atoms in total. The standard InChI is InChI=1S/C17H24N2O5S/c1-3-25(21,22)19(11-17(20)18-8-4-5-13(2)10-18)14-6-7-15-16(9-14)24-12-23-15/h6-7,9,13H,3-5,8,10-12H2,1-2H3/t13-/m0/s1. The highest BCUT2D eigenvalue weighted by Crippen LogP contribution is 2.36. The normalized spacial score (nSPS) is 19.8. The van der Waals surface area contributed by atoms with E-state index in [9.17, 15) is 13.2 Å². The lowest BCUT2D eigenvalue weighted by atomic mass is 10.0. The fourth-order valence-corrected chi connectivity index (χ4v) is 4.24. The zero-order valence-electron chi connectivity index (χ0n) is 14.6. The number of likely N-dealkylation sites (tertiary alicyclic amines) is 1. The van der Waals surface area contributed by atoms with Gasteiger partial charge >= 0.3 is 0 Å². The molecule has 0 aliphatic carbocycles. The number of carbonyl (C=O) groups is 1. The molecule has 0 aromatic heterocycles. The van der Waals surface area contributed by atoms with Crippen molar-refractivity contribution in [2.45, 2.75) is 26.7 Å². The molecule has 1 amide bonds. The molecule has 1 aromatic carbocycles. The van der Waals surface area contributed by atoms with Gasteiger partial charge in [0, 0.05) is 19.2 Å². The van der Waals surface area contributed by atoms with E-state index in [4.69, 9.17) is 9.47 Å². The van der Waals surface area contributed by atoms with E-state index in [-0.39, 0.29) is 25.0 Å². The minimum absolute atomic E-state index is 0.0782. The van der Waals surface area contributed by atoms with Crippen molar-refractivity contribution in [3.05, 3.63) is 18.2 Å². The molecule has 0 N–H and O–H groups in total. The lowest BCUT2D eigenvalue weighted by Gasteiger charge is -2.33. The molecule has 3 rings (SSSR count). The number of sulfonamides is 1. The second-order valence-corrected chi connectivity index (χ2v) is 8.71. The lowest BCUT2D eigenvalue weighted by Crippen LogP contribution is -2.46. The Morgan fingerprint density at radius 3 is 2.80 bits per heavy atom. The maximum atomic E-state index is 12.7. The van der Waals surface area contributed by atoms with Gasteiger partial charge in [-0.05, 0) is 37.8 Å². The van der Waals surface area contributed by atoms with Crippen molar-refractivity contribution in [2.75, 3.05) is 36.5 Å². The van der Waals surface area contributed by atoms with Crippen LogP contribution in [0.4, 0.5) is 5.69 Å². The molecule has 1 fully saturated rings. The van der Waals surface area contributed by atoms with Crippen molar-refractivity contribution in [3.63, 3.8) is 0 Å². The number of anilines is 1. The SMILES string of the molecule is CCS(=O)(=O)N(CC(=O)N1CCC[C@H](C)C1)c1ccc2c(c1)OCO2. The molecular weight excluding hydrogens is 344 g/mol. The molecule has 0 radical (unpaired) electrons. The molecule has 0 bridgehead atoms. The average Bonchev–Trinajstić information content (AvgIpc) is 3.07. The van der Waals surface area contributed by atoms with E-state index < -0.39 is 10.0 Å². The number of ether oxygens (including phenoxy) is 2. The molecule has 2 aliphatic rings. The van der Waals surface area contributed by atoms with Crippen LogP contribution in [0.3, 0.4) is 0 Å². The molecule has 0 unspecified atom stereocenters. The molecule has 2 aliphatic heterocycles. The van der Waals surface area contributed by atoms with Crippen LogP contribution in [-0.4, -0.2) is 51.4 Å². The number of carbonyl (C=O) groups excluding carboxylic acids is 1. The summed E-state index contributed by atoms with van der Waals surface area (Å²) in [4.78, 5) is 14.5. The summed E-state index contributed by atoms with van der Waals surface area (Å²) in [6, 6.07) is 4.93. The maximum Gasteiger partial charge on any atom is 0.243 e. The minimum atomic E-state index is -3.59. The van der Waals surface area contributed by atoms with Crippen LogP contribution in [0.5, 0.6) is 11.5 Å². The number of hydrogen-bond donors (Lipinski definition) is 0. The van der Waals surface area contributed by atoms with Crippen LogP contribution in [0.15, 0.2) is 18.2 Å². The van der Waals surface area contributed by atoms with E-state index in [2.05, 4.69) is 6.92 Å². The summed E-state index contributed by atoms with van der Waals surface area (Å²) in [5.41, 5.74) is 0.421. The van der Waals surface area contributed by atoms with E-state index in [0.717, 1.165) is 12.8 Å². The van der Waals surface area contributed by atoms with Gasteiger partial charge in [-0.15, -0.1) is 0 Å². The summed E-state index contributed by atoms with van der Waals surface area (Å²) < 4.78 is 36.9. The van der Waals surface area contributed by atoms with E-state index in [1.165, 1.54) is 4.31 Å². The first-order chi connectivity index (χ1) is 11.9. The Hall–Kier alpha value is -1.96. The Kier molecular flexibility index (Phi) is 5.08. The van der Waals surface area contributed by atoms with Gasteiger partial charge in [0.05, 0.1) is 11.4 Å². The zero-order valence-corrected chi connectivity index (χ0v) is 15.4. The summed E-state index contributed by atoms with van der Waals surface area (Å²) in [6.07, 6.45) is 2.06. The molecule has 8 heteroatoms. The highest BCUT2D eigenvalue weighted by Gasteiger charge is 2.29. The van der Waals surface area contributed by atoms with E-state index in [0.29, 0.717) is 36.2 Å². The first kappa shape index (κ1) is 17.8. The number of nitrogens with zero attached hydrogens (tertiary/aromatic N) is 2. The number of hydrogen-bond acceptors (Lipinski definition) is 5. The second kappa shape index (κ2) is 7.11. The van der Waals surface area contributed by atoms with Gasteiger partial charge in [0.15, 0.2) is 11.5 Å². The Morgan fingerprint density at radius 1 is 1.32 bits per heavy atom. The van der Waals surface area contributed by atoms with E-state index in [1.54, 1.807) is 30.0 Å². The van der Waals surface area contributed by atoms with Gasteiger partial charge in [-0.25, -0.2) is 8.42 Å². The van der Waals surface area contributed by atoms with E-state index >= 15 is 0 Å². The molecule has 0 saturated carbocycles. The van der Waals surface area contributed by atoms with Gasteiger partial charge in [0.25, 0.3) is 0 Å². The minimum Gasteiger partial charge on any atom is -0.454 e. The van der Waals surface area contributed by atoms with Gasteiger partial charge < -0.3 is 14.4 Å². The van der Waals surface area contributed by atoms with Crippen LogP contribution in [0.25, 0.3) is 0 Å². The highest BCUT2D eigenvalue weighted by atomic mass is 32.2. The Bertz CT molecular complexity index is 749. The predicted molar refractivity (Wildman–Crippen MR) is 94.3 cm³/mol. The van der Waals surface area contributed by atoms with Crippen LogP contribution >= 0.6 is 0 Å². The number of piperidine rings is 1. The van der Waals surface area contributed by atoms with Crippen molar-refractivity contribution in [1.82, 2.24) is 4.90 Å². The van der Waals surface area contributed by atoms with Crippen molar-refractivity contribution < 1.29 is 22.7 Å². The van der Waals surface area contributed by atoms with Crippen LogP contribution in [-0.2, 0) is 14.8 Å². The molecule has 2 heterocycles. The second-order valence-electron chi connectivity index (χ2n) is 6.53. The van der Waals surface area contributed by atoms with Crippen molar-refractivity contribution >= 4 is 21.6 Å². The molecule has 1 atom stereocenters. The Morgan fingerprint density at radius 2 is 2.08 bits per heavy atom. The summed E-state index contributed by atoms with van der Waals surface area (Å²) in [5.74, 6) is 1.27. The van der Waals surface area contributed by atoms with Crippen LogP contribution < -0.4 is 13.8 Å². The van der Waals surface area contributed by atoms with Gasteiger partial charge in [0.2, 0.25) is 22.7 Å². The summed E-state index contributed by atoms with van der Waals surface area (Å²) in [6.45, 7) is 4.97. The first-order valence-electron chi connectivity index (χ1n) is 8.58. The zero-order chi connectivity index (χ0) is 18.0. The predicted octanol–water partition coefficient (Wildman–Crippen LogP) is 1.83. The molecule has 25 heavy (non-hydrogen) atoms. The monoisotopic (exact) mass is 368 g/mol. The third-order valence-corrected chi connectivity index (χ3v) is 6.37. The van der Waals surface area contributed by atoms with Crippen LogP contribution in [0, 0.1) is 5.92 Å². The number of rotatable bonds is 5. The number of fused-ring (bicyclic) bond motifs is 1. The van der Waals surface area contributed by atoms with Crippen molar-refractivity contribution in [1.29, 1.82) is 0 Å². The molecule has 1 saturated heterocycles. The summed E-state index contributed by atoms with van der Waals surface area (Å²) >= 11 is 0. The Balaban J connectivity index is 1.84. The van der Waals surface area contributed by atoms with Crippen molar-refractivity contribution in [2.24, 2.45) is 5.92 Å². The van der Waals surface area contributed by atoms with E-state index in [1.807, 2.05) is 0 Å². The fraction of sp³-hybridized carbons (Fsp3) is 0.588. The fourth-order valence-electron chi connectivity index (χ4n) is 3.19. The average molecular weight is 368 g/mol. The van der Waals surface area contributed by atoms with Crippen LogP contribution in [0.1, 0.15) is 26.7 Å². The first-order valence-corrected chi connectivity index (χ1v) is 10.2. The summed E-state index contributed by atoms with van der Waals surface area (Å²) in [7, 11) is -3.59. The molecule has 0 spiro atoms. The number of benzene rings is 1. The highest BCUT2D eigenvalue weighted by molar-refractivity contribution is 7.92. The third-order valence-electron chi connectivity index (χ3n) is 4.63. The Labute approximate surface area is 148 Å². The van der Waals surface area contributed by atoms with Gasteiger partial charge in [-0.2, -0.15) is 0 Å². The van der Waals surface area contributed by atoms with Gasteiger partial charge in [-0.1, -0.05) is 6.92 Å². The third kappa shape index (κ3) is 3.84. The maximum absolute atomic E-state index is 12.7. The quantitative estimate of drug-likeness (QED) is 0.792. The molecule has 138 valence electrons. The number of amides is 1. The largest absolute Gasteiger partial charge is 0.454 e. The topological polar surface area (TPSA) is 76.2 Å². The van der Waals surface area contributed by atoms with Crippen LogP contribution in [0.2, 0.25) is 0 Å². The molecular formula is C17H24N2O5S. The summed E-state index contributed by atoms with van der Waals surface area (Å²) in [5, 5.41) is 0. The van der Waals surface area contributed by atoms with Crippen molar-refractivity contribution in [3.8, 4) is 11.5 Å². The smallest absolute Gasteiger partial charge is 0.243 e. The molecule has 1 aromatic rings.